The summed E-state index contributed by atoms with van der Waals surface area (Å²) in [5, 5.41) is 12.5. The van der Waals surface area contributed by atoms with Gasteiger partial charge >= 0.3 is 5.97 Å². The zero-order valence-corrected chi connectivity index (χ0v) is 10.4. The van der Waals surface area contributed by atoms with Gasteiger partial charge < -0.3 is 5.11 Å². The highest BCUT2D eigenvalue weighted by Crippen LogP contribution is 2.24. The zero-order valence-electron chi connectivity index (χ0n) is 10.4. The molecule has 2 N–H and O–H groups in total. The Morgan fingerprint density at radius 1 is 1.44 bits per heavy atom. The lowest BCUT2D eigenvalue weighted by Gasteiger charge is -2.21. The van der Waals surface area contributed by atoms with Gasteiger partial charge in [0.2, 0.25) is 0 Å². The fraction of sp³-hybridized carbons (Fsp3) is 0.500. The SMILES string of the molecule is Cc1ccc(F)cc1C(NC1CCCC1)C(=O)O. The topological polar surface area (TPSA) is 49.3 Å². The van der Waals surface area contributed by atoms with Crippen molar-refractivity contribution in [3.8, 4) is 0 Å². The third-order valence-electron chi connectivity index (χ3n) is 3.56. The van der Waals surface area contributed by atoms with E-state index >= 15 is 0 Å². The van der Waals surface area contributed by atoms with Crippen LogP contribution in [0.4, 0.5) is 4.39 Å². The number of rotatable bonds is 4. The lowest BCUT2D eigenvalue weighted by Crippen LogP contribution is -2.35. The van der Waals surface area contributed by atoms with Gasteiger partial charge in [0.25, 0.3) is 0 Å². The van der Waals surface area contributed by atoms with Crippen molar-refractivity contribution in [1.82, 2.24) is 5.32 Å². The number of aryl methyl sites for hydroxylation is 1. The van der Waals surface area contributed by atoms with Crippen LogP contribution in [-0.4, -0.2) is 17.1 Å². The Morgan fingerprint density at radius 3 is 2.72 bits per heavy atom. The number of carbonyl (C=O) groups is 1. The van der Waals surface area contributed by atoms with Gasteiger partial charge in [-0.15, -0.1) is 0 Å². The zero-order chi connectivity index (χ0) is 13.1. The van der Waals surface area contributed by atoms with Gasteiger partial charge in [0, 0.05) is 6.04 Å². The quantitative estimate of drug-likeness (QED) is 0.865. The van der Waals surface area contributed by atoms with Crippen molar-refractivity contribution < 1.29 is 14.3 Å². The number of benzene rings is 1. The van der Waals surface area contributed by atoms with E-state index in [4.69, 9.17) is 0 Å². The van der Waals surface area contributed by atoms with Crippen LogP contribution in [-0.2, 0) is 4.79 Å². The molecule has 0 spiro atoms. The molecule has 1 aromatic carbocycles. The summed E-state index contributed by atoms with van der Waals surface area (Å²) >= 11 is 0. The highest BCUT2D eigenvalue weighted by atomic mass is 19.1. The largest absolute Gasteiger partial charge is 0.480 e. The summed E-state index contributed by atoms with van der Waals surface area (Å²) < 4.78 is 13.3. The molecule has 0 heterocycles. The molecule has 0 radical (unpaired) electrons. The minimum atomic E-state index is -0.949. The molecule has 1 fully saturated rings. The second-order valence-electron chi connectivity index (χ2n) is 4.92. The molecular weight excluding hydrogens is 233 g/mol. The van der Waals surface area contributed by atoms with Gasteiger partial charge in [-0.05, 0) is 43.0 Å². The van der Waals surface area contributed by atoms with E-state index in [0.717, 1.165) is 31.2 Å². The predicted molar refractivity (Wildman–Crippen MR) is 66.9 cm³/mol. The summed E-state index contributed by atoms with van der Waals surface area (Å²) in [5.74, 6) is -1.34. The molecule has 1 saturated carbocycles. The Labute approximate surface area is 106 Å². The smallest absolute Gasteiger partial charge is 0.325 e. The van der Waals surface area contributed by atoms with Crippen molar-refractivity contribution in [3.05, 3.63) is 35.1 Å². The first-order chi connectivity index (χ1) is 8.58. The average molecular weight is 251 g/mol. The van der Waals surface area contributed by atoms with Crippen LogP contribution in [0.2, 0.25) is 0 Å². The van der Waals surface area contributed by atoms with Crippen molar-refractivity contribution in [2.45, 2.75) is 44.7 Å². The van der Waals surface area contributed by atoms with E-state index in [1.54, 1.807) is 13.0 Å². The summed E-state index contributed by atoms with van der Waals surface area (Å²) in [7, 11) is 0. The van der Waals surface area contributed by atoms with Crippen LogP contribution < -0.4 is 5.32 Å². The molecule has 1 unspecified atom stereocenters. The van der Waals surface area contributed by atoms with E-state index in [2.05, 4.69) is 5.32 Å². The van der Waals surface area contributed by atoms with Gasteiger partial charge in [0.1, 0.15) is 11.9 Å². The third kappa shape index (κ3) is 2.88. The highest BCUT2D eigenvalue weighted by Gasteiger charge is 2.26. The maximum absolute atomic E-state index is 13.3. The minimum Gasteiger partial charge on any atom is -0.480 e. The molecule has 1 atom stereocenters. The second kappa shape index (κ2) is 5.48. The molecular formula is C14H18FNO2. The van der Waals surface area contributed by atoms with Gasteiger partial charge in [-0.2, -0.15) is 0 Å². The number of hydrogen-bond donors (Lipinski definition) is 2. The maximum Gasteiger partial charge on any atom is 0.325 e. The average Bonchev–Trinajstić information content (AvgIpc) is 2.82. The first kappa shape index (κ1) is 13.0. The Bertz CT molecular complexity index is 441. The van der Waals surface area contributed by atoms with Crippen molar-refractivity contribution in [3.63, 3.8) is 0 Å². The number of hydrogen-bond acceptors (Lipinski definition) is 2. The molecule has 4 heteroatoms. The Kier molecular flexibility index (Phi) is 3.97. The first-order valence-electron chi connectivity index (χ1n) is 6.33. The van der Waals surface area contributed by atoms with Crippen LogP contribution >= 0.6 is 0 Å². The standard InChI is InChI=1S/C14H18FNO2/c1-9-6-7-10(15)8-12(9)13(14(17)18)16-11-4-2-3-5-11/h6-8,11,13,16H,2-5H2,1H3,(H,17,18). The third-order valence-corrected chi connectivity index (χ3v) is 3.56. The normalized spacial score (nSPS) is 17.9. The molecule has 1 aliphatic rings. The van der Waals surface area contributed by atoms with E-state index in [-0.39, 0.29) is 6.04 Å². The number of halogens is 1. The molecule has 2 rings (SSSR count). The van der Waals surface area contributed by atoms with Gasteiger partial charge in [-0.25, -0.2) is 4.39 Å². The van der Waals surface area contributed by atoms with Gasteiger partial charge in [0.15, 0.2) is 0 Å². The van der Waals surface area contributed by atoms with Crippen LogP contribution in [0.25, 0.3) is 0 Å². The second-order valence-corrected chi connectivity index (χ2v) is 4.92. The van der Waals surface area contributed by atoms with E-state index in [1.807, 2.05) is 0 Å². The van der Waals surface area contributed by atoms with Gasteiger partial charge in [0.05, 0.1) is 0 Å². The van der Waals surface area contributed by atoms with E-state index in [0.29, 0.717) is 5.56 Å². The van der Waals surface area contributed by atoms with E-state index < -0.39 is 17.8 Å². The number of carboxylic acid groups (broad SMARTS) is 1. The molecule has 0 aliphatic heterocycles. The van der Waals surface area contributed by atoms with Crippen molar-refractivity contribution in [2.75, 3.05) is 0 Å². The van der Waals surface area contributed by atoms with Gasteiger partial charge in [-0.1, -0.05) is 18.9 Å². The molecule has 3 nitrogen and oxygen atoms in total. The van der Waals surface area contributed by atoms with E-state index in [9.17, 15) is 14.3 Å². The van der Waals surface area contributed by atoms with Crippen molar-refractivity contribution in [2.24, 2.45) is 0 Å². The Hall–Kier alpha value is -1.42. The monoisotopic (exact) mass is 251 g/mol. The van der Waals surface area contributed by atoms with Crippen molar-refractivity contribution >= 4 is 5.97 Å². The van der Waals surface area contributed by atoms with Crippen molar-refractivity contribution in [1.29, 1.82) is 0 Å². The molecule has 1 aromatic rings. The number of aliphatic carboxylic acids is 1. The summed E-state index contributed by atoms with van der Waals surface area (Å²) in [6.07, 6.45) is 4.26. The Balaban J connectivity index is 2.23. The lowest BCUT2D eigenvalue weighted by atomic mass is 10.00. The molecule has 0 amide bonds. The summed E-state index contributed by atoms with van der Waals surface area (Å²) in [5.41, 5.74) is 1.32. The van der Waals surface area contributed by atoms with E-state index in [1.165, 1.54) is 12.1 Å². The summed E-state index contributed by atoms with van der Waals surface area (Å²) in [6, 6.07) is 3.71. The molecule has 0 bridgehead atoms. The molecule has 0 saturated heterocycles. The van der Waals surface area contributed by atoms with Crippen LogP contribution in [0.15, 0.2) is 18.2 Å². The fourth-order valence-corrected chi connectivity index (χ4v) is 2.54. The number of nitrogens with one attached hydrogen (secondary N) is 1. The molecule has 0 aromatic heterocycles. The lowest BCUT2D eigenvalue weighted by molar-refractivity contribution is -0.139. The maximum atomic E-state index is 13.3. The summed E-state index contributed by atoms with van der Waals surface area (Å²) in [6.45, 7) is 1.81. The summed E-state index contributed by atoms with van der Waals surface area (Å²) in [4.78, 5) is 11.4. The van der Waals surface area contributed by atoms with Crippen LogP contribution in [0, 0.1) is 12.7 Å². The fourth-order valence-electron chi connectivity index (χ4n) is 2.54. The highest BCUT2D eigenvalue weighted by molar-refractivity contribution is 5.76. The van der Waals surface area contributed by atoms with Crippen LogP contribution in [0.5, 0.6) is 0 Å². The minimum absolute atomic E-state index is 0.230. The molecule has 18 heavy (non-hydrogen) atoms. The predicted octanol–water partition coefficient (Wildman–Crippen LogP) is 2.79. The number of carboxylic acids is 1. The first-order valence-corrected chi connectivity index (χ1v) is 6.33. The van der Waals surface area contributed by atoms with Crippen LogP contribution in [0.1, 0.15) is 42.9 Å². The van der Waals surface area contributed by atoms with Gasteiger partial charge in [-0.3, -0.25) is 10.1 Å². The Morgan fingerprint density at radius 2 is 2.11 bits per heavy atom. The molecule has 1 aliphatic carbocycles. The molecule has 98 valence electrons. The van der Waals surface area contributed by atoms with Crippen LogP contribution in [0.3, 0.4) is 0 Å².